The van der Waals surface area contributed by atoms with Gasteiger partial charge in [-0.2, -0.15) is 0 Å². The van der Waals surface area contributed by atoms with E-state index in [1.807, 2.05) is 0 Å². The zero-order chi connectivity index (χ0) is 32.8. The van der Waals surface area contributed by atoms with Gasteiger partial charge in [0.05, 0.1) is 0 Å². The molecule has 0 aromatic heterocycles. The topological polar surface area (TPSA) is 0 Å². The first-order chi connectivity index (χ1) is 24.8. The van der Waals surface area contributed by atoms with E-state index in [1.54, 1.807) is 0 Å². The Morgan fingerprint density at radius 2 is 0.680 bits per heavy atom. The number of fused-ring (bicyclic) bond motifs is 9. The first-order valence-corrected chi connectivity index (χ1v) is 17.4. The second kappa shape index (κ2) is 10.5. The molecule has 0 nitrogen and oxygen atoms in total. The minimum Gasteiger partial charge on any atom is -0.0622 e. The van der Waals surface area contributed by atoms with E-state index < -0.39 is 0 Å². The molecule has 0 saturated heterocycles. The largest absolute Gasteiger partial charge is 0.0622 e. The summed E-state index contributed by atoms with van der Waals surface area (Å²) in [5.74, 6) is 0. The van der Waals surface area contributed by atoms with Gasteiger partial charge in [-0.05, 0) is 122 Å². The van der Waals surface area contributed by atoms with Crippen LogP contribution >= 0.6 is 0 Å². The lowest BCUT2D eigenvalue weighted by atomic mass is 9.82. The molecule has 0 spiro atoms. The molecular weight excluding hydrogens is 601 g/mol. The summed E-state index contributed by atoms with van der Waals surface area (Å²) in [7, 11) is 0. The SMILES string of the molecule is c1ccc(-c2c3c(c(-c4ccccc4)c4ccccc24)-c2cc4c5ccccc5c(-c5cccc6ccccc56)cc4c4cccc-3c24)cc1. The van der Waals surface area contributed by atoms with Gasteiger partial charge in [-0.15, -0.1) is 0 Å². The van der Waals surface area contributed by atoms with Crippen molar-refractivity contribution in [2.24, 2.45) is 0 Å². The molecule has 11 rings (SSSR count). The Hall–Kier alpha value is -6.50. The normalized spacial score (nSPS) is 12.0. The lowest BCUT2D eigenvalue weighted by Gasteiger charge is -2.20. The molecule has 0 radical (unpaired) electrons. The van der Waals surface area contributed by atoms with Gasteiger partial charge in [0.2, 0.25) is 0 Å². The van der Waals surface area contributed by atoms with Crippen LogP contribution in [-0.2, 0) is 0 Å². The van der Waals surface area contributed by atoms with Crippen LogP contribution in [0.15, 0.2) is 182 Å². The smallest absolute Gasteiger partial charge is 0.000719 e. The van der Waals surface area contributed by atoms with Gasteiger partial charge in [-0.1, -0.05) is 170 Å². The second-order valence-electron chi connectivity index (χ2n) is 13.5. The van der Waals surface area contributed by atoms with Gasteiger partial charge in [0.25, 0.3) is 0 Å². The Morgan fingerprint density at radius 1 is 0.220 bits per heavy atom. The van der Waals surface area contributed by atoms with Crippen LogP contribution in [0.5, 0.6) is 0 Å². The van der Waals surface area contributed by atoms with Crippen molar-refractivity contribution in [3.8, 4) is 55.6 Å². The Labute approximate surface area is 290 Å². The summed E-state index contributed by atoms with van der Waals surface area (Å²) < 4.78 is 0. The molecule has 10 aromatic carbocycles. The third kappa shape index (κ3) is 3.76. The van der Waals surface area contributed by atoms with Crippen LogP contribution in [0.4, 0.5) is 0 Å². The van der Waals surface area contributed by atoms with Crippen LogP contribution in [-0.4, -0.2) is 0 Å². The summed E-state index contributed by atoms with van der Waals surface area (Å²) in [4.78, 5) is 0. The van der Waals surface area contributed by atoms with E-state index in [-0.39, 0.29) is 0 Å². The number of benzene rings is 10. The van der Waals surface area contributed by atoms with Crippen molar-refractivity contribution in [3.63, 3.8) is 0 Å². The van der Waals surface area contributed by atoms with Crippen molar-refractivity contribution in [2.45, 2.75) is 0 Å². The molecule has 50 heavy (non-hydrogen) atoms. The molecule has 0 fully saturated rings. The Balaban J connectivity index is 1.34. The van der Waals surface area contributed by atoms with E-state index in [1.165, 1.54) is 109 Å². The van der Waals surface area contributed by atoms with Crippen molar-refractivity contribution in [1.29, 1.82) is 0 Å². The first-order valence-electron chi connectivity index (χ1n) is 17.4. The zero-order valence-electron chi connectivity index (χ0n) is 27.3. The van der Waals surface area contributed by atoms with Gasteiger partial charge in [0.15, 0.2) is 0 Å². The molecule has 0 heteroatoms. The molecule has 0 heterocycles. The molecule has 0 N–H and O–H groups in total. The molecule has 1 aliphatic carbocycles. The lowest BCUT2D eigenvalue weighted by molar-refractivity contribution is 1.62. The molecule has 0 bridgehead atoms. The highest BCUT2D eigenvalue weighted by atomic mass is 14.3. The summed E-state index contributed by atoms with van der Waals surface area (Å²) in [6.07, 6.45) is 0. The monoisotopic (exact) mass is 630 g/mol. The van der Waals surface area contributed by atoms with E-state index >= 15 is 0 Å². The van der Waals surface area contributed by atoms with Gasteiger partial charge in [0, 0.05) is 0 Å². The quantitative estimate of drug-likeness (QED) is 0.170. The number of hydrogen-bond donors (Lipinski definition) is 0. The van der Waals surface area contributed by atoms with Crippen LogP contribution < -0.4 is 0 Å². The maximum atomic E-state index is 2.51. The molecular formula is C50H30. The van der Waals surface area contributed by atoms with Crippen molar-refractivity contribution in [2.75, 3.05) is 0 Å². The third-order valence-electron chi connectivity index (χ3n) is 11.0. The van der Waals surface area contributed by atoms with E-state index in [0.29, 0.717) is 0 Å². The fourth-order valence-corrected chi connectivity index (χ4v) is 8.93. The highest BCUT2D eigenvalue weighted by molar-refractivity contribution is 6.33. The van der Waals surface area contributed by atoms with Gasteiger partial charge in [-0.3, -0.25) is 0 Å². The molecule has 10 aromatic rings. The average molecular weight is 631 g/mol. The molecule has 0 amide bonds. The van der Waals surface area contributed by atoms with Crippen molar-refractivity contribution >= 4 is 53.9 Å². The fraction of sp³-hybridized carbons (Fsp3) is 0. The Kier molecular flexibility index (Phi) is 5.76. The molecule has 0 unspecified atom stereocenters. The van der Waals surface area contributed by atoms with Crippen LogP contribution in [0.1, 0.15) is 0 Å². The van der Waals surface area contributed by atoms with Crippen LogP contribution in [0.25, 0.3) is 109 Å². The van der Waals surface area contributed by atoms with Crippen LogP contribution in [0.2, 0.25) is 0 Å². The number of rotatable bonds is 3. The molecule has 0 aliphatic heterocycles. The predicted molar refractivity (Wildman–Crippen MR) is 215 cm³/mol. The summed E-state index contributed by atoms with van der Waals surface area (Å²) in [5, 5.41) is 12.9. The fourth-order valence-electron chi connectivity index (χ4n) is 8.93. The maximum Gasteiger partial charge on any atom is -0.000719 e. The zero-order valence-corrected chi connectivity index (χ0v) is 27.3. The minimum atomic E-state index is 1.25. The van der Waals surface area contributed by atoms with Crippen molar-refractivity contribution < 1.29 is 0 Å². The van der Waals surface area contributed by atoms with E-state index in [9.17, 15) is 0 Å². The molecule has 230 valence electrons. The summed E-state index contributed by atoms with van der Waals surface area (Å²) in [6.45, 7) is 0. The summed E-state index contributed by atoms with van der Waals surface area (Å²) >= 11 is 0. The van der Waals surface area contributed by atoms with E-state index in [2.05, 4.69) is 182 Å². The van der Waals surface area contributed by atoms with Crippen molar-refractivity contribution in [3.05, 3.63) is 182 Å². The maximum absolute atomic E-state index is 2.51. The highest BCUT2D eigenvalue weighted by Crippen LogP contribution is 2.59. The second-order valence-corrected chi connectivity index (χ2v) is 13.5. The Morgan fingerprint density at radius 3 is 1.38 bits per heavy atom. The summed E-state index contributed by atoms with van der Waals surface area (Å²) in [6, 6.07) is 67.4. The molecule has 0 atom stereocenters. The van der Waals surface area contributed by atoms with Crippen LogP contribution in [0.3, 0.4) is 0 Å². The Bertz CT molecular complexity index is 3000. The van der Waals surface area contributed by atoms with Crippen LogP contribution in [0, 0.1) is 0 Å². The predicted octanol–water partition coefficient (Wildman–Crippen LogP) is 14.1. The molecule has 1 aliphatic rings. The van der Waals surface area contributed by atoms with Gasteiger partial charge >= 0.3 is 0 Å². The van der Waals surface area contributed by atoms with E-state index in [0.717, 1.165) is 0 Å². The standard InChI is InChI=1S/C50H30/c1-3-16-32(17-4-1)46-38-24-11-12-25-39(38)47(33-18-5-2-6-19-33)50-45-30-43-37-23-10-9-22-36(37)42(35-26-13-20-31-15-7-8-21-34(31)35)29-44(43)40-27-14-28-41(48(40)45)49(46)50/h1-30H. The highest BCUT2D eigenvalue weighted by Gasteiger charge is 2.31. The summed E-state index contributed by atoms with van der Waals surface area (Å²) in [5.41, 5.74) is 13.0. The van der Waals surface area contributed by atoms with Gasteiger partial charge in [-0.25, -0.2) is 0 Å². The number of hydrogen-bond acceptors (Lipinski definition) is 0. The minimum absolute atomic E-state index is 1.25. The van der Waals surface area contributed by atoms with Gasteiger partial charge in [0.1, 0.15) is 0 Å². The van der Waals surface area contributed by atoms with Crippen molar-refractivity contribution in [1.82, 2.24) is 0 Å². The molecule has 0 saturated carbocycles. The first kappa shape index (κ1) is 27.5. The lowest BCUT2D eigenvalue weighted by Crippen LogP contribution is -1.93. The average Bonchev–Trinajstić information content (AvgIpc) is 3.51. The van der Waals surface area contributed by atoms with E-state index in [4.69, 9.17) is 0 Å². The van der Waals surface area contributed by atoms with Gasteiger partial charge < -0.3 is 0 Å². The third-order valence-corrected chi connectivity index (χ3v) is 11.0.